The Kier molecular flexibility index (Phi) is 9.92. The van der Waals surface area contributed by atoms with Gasteiger partial charge in [-0.1, -0.05) is 32.0 Å². The molecule has 9 rings (SSSR count). The van der Waals surface area contributed by atoms with Gasteiger partial charge in [0.1, 0.15) is 35.2 Å². The molecule has 4 atom stereocenters. The van der Waals surface area contributed by atoms with Gasteiger partial charge in [-0.15, -0.1) is 0 Å². The molecule has 4 aliphatic rings. The molecule has 2 aromatic heterocycles. The predicted octanol–water partition coefficient (Wildman–Crippen LogP) is 7.80. The average molecular weight is 815 g/mol. The lowest BCUT2D eigenvalue weighted by Crippen LogP contribution is -2.56. The van der Waals surface area contributed by atoms with Crippen molar-refractivity contribution < 1.29 is 46.5 Å². The zero-order chi connectivity index (χ0) is 41.2. The van der Waals surface area contributed by atoms with Gasteiger partial charge in [-0.25, -0.2) is 22.4 Å². The van der Waals surface area contributed by atoms with E-state index in [9.17, 15) is 23.5 Å². The van der Waals surface area contributed by atoms with Crippen molar-refractivity contribution in [3.05, 3.63) is 83.6 Å². The van der Waals surface area contributed by atoms with Crippen LogP contribution in [0, 0.1) is 29.2 Å². The minimum Gasteiger partial charge on any atom is -0.508 e. The number of carbonyl (C=O) groups excluding carboxylic acids is 2. The highest BCUT2D eigenvalue weighted by molar-refractivity contribution is 6.00. The monoisotopic (exact) mass is 814 g/mol. The van der Waals surface area contributed by atoms with Crippen molar-refractivity contribution in [3.63, 3.8) is 0 Å². The van der Waals surface area contributed by atoms with Crippen LogP contribution in [0.25, 0.3) is 32.9 Å². The molecule has 0 saturated carbocycles. The Morgan fingerprint density at radius 3 is 2.44 bits per heavy atom. The number of anilines is 1. The van der Waals surface area contributed by atoms with E-state index in [0.717, 1.165) is 49.9 Å². The summed E-state index contributed by atoms with van der Waals surface area (Å²) in [6.07, 6.45) is 5.50. The zero-order valence-electron chi connectivity index (χ0n) is 32.5. The minimum atomic E-state index is -1.22. The summed E-state index contributed by atoms with van der Waals surface area (Å²) in [5, 5.41) is 10.7. The van der Waals surface area contributed by atoms with E-state index in [1.54, 1.807) is 18.7 Å². The van der Waals surface area contributed by atoms with Crippen LogP contribution in [0.5, 0.6) is 11.8 Å². The van der Waals surface area contributed by atoms with E-state index in [2.05, 4.69) is 14.9 Å². The molecule has 4 saturated heterocycles. The molecule has 5 aromatic rings. The van der Waals surface area contributed by atoms with E-state index in [4.69, 9.17) is 19.2 Å². The fraction of sp³-hybridized carbons (Fsp3) is 0.419. The number of rotatable bonds is 9. The van der Waals surface area contributed by atoms with E-state index in [1.807, 2.05) is 17.0 Å². The van der Waals surface area contributed by atoms with Crippen LogP contribution in [0.1, 0.15) is 64.0 Å². The number of carbonyl (C=O) groups is 2. The van der Waals surface area contributed by atoms with Crippen molar-refractivity contribution in [2.75, 3.05) is 37.9 Å². The van der Waals surface area contributed by atoms with Crippen molar-refractivity contribution in [2.24, 2.45) is 5.92 Å². The number of fused-ring (bicyclic) bond motifs is 5. The number of nitrogens with zero attached hydrogens (tertiary/aromatic N) is 6. The van der Waals surface area contributed by atoms with Gasteiger partial charge in [-0.2, -0.15) is 9.97 Å². The van der Waals surface area contributed by atoms with E-state index >= 15 is 8.78 Å². The van der Waals surface area contributed by atoms with E-state index in [0.29, 0.717) is 31.7 Å². The summed E-state index contributed by atoms with van der Waals surface area (Å²) in [6.45, 7) is 4.47. The number of piperazine rings is 1. The summed E-state index contributed by atoms with van der Waals surface area (Å²) in [6, 6.07) is 10.5. The van der Waals surface area contributed by atoms with Gasteiger partial charge in [0.15, 0.2) is 17.5 Å². The van der Waals surface area contributed by atoms with Crippen molar-refractivity contribution in [1.29, 1.82) is 0 Å². The first-order valence-corrected chi connectivity index (χ1v) is 19.9. The minimum absolute atomic E-state index is 0.0731. The van der Waals surface area contributed by atoms with Crippen LogP contribution >= 0.6 is 0 Å². The standard InChI is InChI=1S/C43H42F4N6O6/c1-23(2)40(55)58-22-59-42(56)53-27-9-10-28(53)20-51(19-27)39-31-18-48-37(30-17-29(54)16-25-6-11-32(45)35(46)34(25)30)36(47)38(31)49-41(50-39)57-21-43-13-3-15-52(43)33(12-14-43)24-4-7-26(44)8-5-24/h4-8,11,16-18,23,27-28,33,54H,3,9-10,12-15,19-22H2,1-2H3. The molecule has 16 heteroatoms. The molecule has 4 unspecified atom stereocenters. The van der Waals surface area contributed by atoms with Crippen LogP contribution < -0.4 is 9.64 Å². The first kappa shape index (κ1) is 38.7. The third-order valence-corrected chi connectivity index (χ3v) is 12.4. The Labute approximate surface area is 336 Å². The smallest absolute Gasteiger partial charge is 0.413 e. The number of halogens is 4. The molecule has 2 bridgehead atoms. The van der Waals surface area contributed by atoms with Crippen molar-refractivity contribution in [1.82, 2.24) is 24.8 Å². The number of esters is 1. The Bertz CT molecular complexity index is 2460. The van der Waals surface area contributed by atoms with Gasteiger partial charge in [-0.3, -0.25) is 19.6 Å². The van der Waals surface area contributed by atoms with Gasteiger partial charge in [0, 0.05) is 36.3 Å². The number of hydrogen-bond donors (Lipinski definition) is 1. The Morgan fingerprint density at radius 2 is 1.69 bits per heavy atom. The van der Waals surface area contributed by atoms with Gasteiger partial charge < -0.3 is 24.2 Å². The highest BCUT2D eigenvalue weighted by Gasteiger charge is 2.50. The van der Waals surface area contributed by atoms with Gasteiger partial charge in [0.2, 0.25) is 6.79 Å². The fourth-order valence-corrected chi connectivity index (χ4v) is 9.57. The molecule has 12 nitrogen and oxygen atoms in total. The number of phenolic OH excluding ortho intramolecular Hbond substituents is 1. The summed E-state index contributed by atoms with van der Waals surface area (Å²) in [5.41, 5.74) is -0.0485. The van der Waals surface area contributed by atoms with Crippen molar-refractivity contribution in [2.45, 2.75) is 76.0 Å². The molecule has 1 N–H and O–H groups in total. The highest BCUT2D eigenvalue weighted by atomic mass is 19.2. The molecule has 4 aliphatic heterocycles. The number of amides is 1. The molecule has 3 aromatic carbocycles. The quantitative estimate of drug-likeness (QED) is 0.0889. The van der Waals surface area contributed by atoms with Gasteiger partial charge in [0.05, 0.1) is 28.9 Å². The lowest BCUT2D eigenvalue weighted by Gasteiger charge is -2.41. The molecular formula is C43H42F4N6O6. The second kappa shape index (κ2) is 15.1. The largest absolute Gasteiger partial charge is 0.508 e. The van der Waals surface area contributed by atoms with E-state index in [-0.39, 0.29) is 86.7 Å². The molecule has 4 fully saturated rings. The molecule has 0 radical (unpaired) electrons. The maximum absolute atomic E-state index is 17.1. The SMILES string of the molecule is CC(C)C(=O)OCOC(=O)N1C2CCC1CN(c1nc(OCC34CCCN3C(c3ccc(F)cc3)CC4)nc3c(F)c(-c4cc(O)cc5ccc(F)c(F)c45)ncc13)C2. The summed E-state index contributed by atoms with van der Waals surface area (Å²) in [4.78, 5) is 44.9. The van der Waals surface area contributed by atoms with Crippen LogP contribution in [-0.4, -0.2) is 92.6 Å². The number of aromatic hydroxyl groups is 1. The number of benzene rings is 3. The lowest BCUT2D eigenvalue weighted by atomic mass is 9.95. The van der Waals surface area contributed by atoms with E-state index in [1.165, 1.54) is 30.5 Å². The maximum Gasteiger partial charge on any atom is 0.413 e. The van der Waals surface area contributed by atoms with Gasteiger partial charge in [0.25, 0.3) is 0 Å². The second-order valence-corrected chi connectivity index (χ2v) is 16.2. The summed E-state index contributed by atoms with van der Waals surface area (Å²) >= 11 is 0. The summed E-state index contributed by atoms with van der Waals surface area (Å²) in [5.74, 6) is -4.46. The molecule has 6 heterocycles. The number of phenols is 1. The fourth-order valence-electron chi connectivity index (χ4n) is 9.57. The Hall–Kier alpha value is -5.77. The number of pyridine rings is 1. The van der Waals surface area contributed by atoms with Crippen LogP contribution in [0.3, 0.4) is 0 Å². The van der Waals surface area contributed by atoms with Crippen molar-refractivity contribution in [3.8, 4) is 23.0 Å². The number of hydrogen-bond acceptors (Lipinski definition) is 11. The van der Waals surface area contributed by atoms with Crippen LogP contribution in [0.2, 0.25) is 0 Å². The number of ether oxygens (including phenoxy) is 3. The first-order valence-electron chi connectivity index (χ1n) is 19.9. The Balaban J connectivity index is 1.07. The van der Waals surface area contributed by atoms with Gasteiger partial charge >= 0.3 is 18.1 Å². The summed E-state index contributed by atoms with van der Waals surface area (Å²) in [7, 11) is 0. The van der Waals surface area contributed by atoms with Crippen LogP contribution in [0.4, 0.5) is 28.2 Å². The lowest BCUT2D eigenvalue weighted by molar-refractivity contribution is -0.156. The van der Waals surface area contributed by atoms with Crippen LogP contribution in [-0.2, 0) is 14.3 Å². The maximum atomic E-state index is 17.1. The molecule has 59 heavy (non-hydrogen) atoms. The molecule has 0 spiro atoms. The third kappa shape index (κ3) is 6.90. The molecule has 1 amide bonds. The topological polar surface area (TPSA) is 130 Å². The summed E-state index contributed by atoms with van der Waals surface area (Å²) < 4.78 is 77.7. The zero-order valence-corrected chi connectivity index (χ0v) is 32.5. The van der Waals surface area contributed by atoms with Crippen molar-refractivity contribution >= 4 is 39.6 Å². The third-order valence-electron chi connectivity index (χ3n) is 12.4. The second-order valence-electron chi connectivity index (χ2n) is 16.2. The first-order chi connectivity index (χ1) is 28.4. The molecule has 0 aliphatic carbocycles. The average Bonchev–Trinajstić information content (AvgIpc) is 3.88. The molecule has 308 valence electrons. The van der Waals surface area contributed by atoms with E-state index < -0.39 is 36.3 Å². The Morgan fingerprint density at radius 1 is 0.932 bits per heavy atom. The normalized spacial score (nSPS) is 22.7. The number of aromatic nitrogens is 3. The molecular weight excluding hydrogens is 773 g/mol. The van der Waals surface area contributed by atoms with Gasteiger partial charge in [-0.05, 0) is 86.4 Å². The van der Waals surface area contributed by atoms with Crippen LogP contribution in [0.15, 0.2) is 54.7 Å². The highest BCUT2D eigenvalue weighted by Crippen LogP contribution is 2.49. The predicted molar refractivity (Wildman–Crippen MR) is 207 cm³/mol.